The van der Waals surface area contributed by atoms with Crippen LogP contribution in [0.2, 0.25) is 0 Å². The van der Waals surface area contributed by atoms with Crippen molar-refractivity contribution in [1.82, 2.24) is 4.90 Å². The van der Waals surface area contributed by atoms with Gasteiger partial charge in [0.05, 0.1) is 4.92 Å². The fourth-order valence-electron chi connectivity index (χ4n) is 2.73. The molecule has 1 saturated heterocycles. The Kier molecular flexibility index (Phi) is 5.51. The molecule has 0 spiro atoms. The van der Waals surface area contributed by atoms with E-state index in [9.17, 15) is 10.1 Å². The number of nitro benzene ring substituents is 1. The van der Waals surface area contributed by atoms with Gasteiger partial charge in [0.15, 0.2) is 0 Å². The van der Waals surface area contributed by atoms with Gasteiger partial charge in [0.1, 0.15) is 0 Å². The molecule has 0 amide bonds. The molecule has 2 rings (SSSR count). The van der Waals surface area contributed by atoms with Gasteiger partial charge < -0.3 is 5.11 Å². The minimum Gasteiger partial charge on any atom is -0.396 e. The summed E-state index contributed by atoms with van der Waals surface area (Å²) in [5.41, 5.74) is 1.18. The van der Waals surface area contributed by atoms with Gasteiger partial charge in [0.25, 0.3) is 5.69 Å². The summed E-state index contributed by atoms with van der Waals surface area (Å²) in [4.78, 5) is 12.7. The molecule has 1 unspecified atom stereocenters. The SMILES string of the molecule is O=[N+]([O-])c1ccc(CN2CCCC(CCO)C2)c(Br)c1. The van der Waals surface area contributed by atoms with E-state index in [-0.39, 0.29) is 17.2 Å². The van der Waals surface area contributed by atoms with Crippen LogP contribution < -0.4 is 0 Å². The molecule has 6 heteroatoms. The highest BCUT2D eigenvalue weighted by molar-refractivity contribution is 9.10. The lowest BCUT2D eigenvalue weighted by Gasteiger charge is -2.32. The van der Waals surface area contributed by atoms with Crippen LogP contribution in [-0.2, 0) is 6.54 Å². The Hall–Kier alpha value is -0.980. The molecule has 1 aliphatic rings. The number of rotatable bonds is 5. The second-order valence-corrected chi connectivity index (χ2v) is 6.14. The summed E-state index contributed by atoms with van der Waals surface area (Å²) in [6.45, 7) is 3.08. The van der Waals surface area contributed by atoms with Crippen LogP contribution >= 0.6 is 15.9 Å². The van der Waals surface area contributed by atoms with Gasteiger partial charge >= 0.3 is 0 Å². The van der Waals surface area contributed by atoms with Crippen LogP contribution in [0.3, 0.4) is 0 Å². The maximum atomic E-state index is 10.7. The van der Waals surface area contributed by atoms with E-state index in [0.29, 0.717) is 5.92 Å². The Bertz CT molecular complexity index is 479. The van der Waals surface area contributed by atoms with Gasteiger partial charge in [0.2, 0.25) is 0 Å². The molecule has 0 bridgehead atoms. The first-order valence-corrected chi connectivity index (χ1v) is 7.65. The van der Waals surface area contributed by atoms with Crippen LogP contribution in [0.25, 0.3) is 0 Å². The molecule has 0 aliphatic carbocycles. The van der Waals surface area contributed by atoms with Crippen LogP contribution in [-0.4, -0.2) is 34.6 Å². The number of halogens is 1. The van der Waals surface area contributed by atoms with E-state index in [1.165, 1.54) is 6.42 Å². The zero-order chi connectivity index (χ0) is 14.5. The molecular weight excluding hydrogens is 324 g/mol. The van der Waals surface area contributed by atoms with Crippen LogP contribution in [0.15, 0.2) is 22.7 Å². The zero-order valence-electron chi connectivity index (χ0n) is 11.3. The van der Waals surface area contributed by atoms with E-state index in [0.717, 1.165) is 42.5 Å². The molecule has 5 nitrogen and oxygen atoms in total. The topological polar surface area (TPSA) is 66.6 Å². The molecule has 1 fully saturated rings. The second-order valence-electron chi connectivity index (χ2n) is 5.29. The number of likely N-dealkylation sites (tertiary alicyclic amines) is 1. The molecule has 0 saturated carbocycles. The quantitative estimate of drug-likeness (QED) is 0.659. The number of nitrogens with zero attached hydrogens (tertiary/aromatic N) is 2. The number of hydrogen-bond donors (Lipinski definition) is 1. The van der Waals surface area contributed by atoms with Crippen molar-refractivity contribution in [2.45, 2.75) is 25.8 Å². The van der Waals surface area contributed by atoms with Crippen LogP contribution in [0.5, 0.6) is 0 Å². The maximum Gasteiger partial charge on any atom is 0.270 e. The Morgan fingerprint density at radius 1 is 1.50 bits per heavy atom. The normalized spacial score (nSPS) is 20.0. The molecule has 1 aromatic carbocycles. The minimum absolute atomic E-state index is 0.109. The van der Waals surface area contributed by atoms with Crippen molar-refractivity contribution < 1.29 is 10.0 Å². The monoisotopic (exact) mass is 342 g/mol. The van der Waals surface area contributed by atoms with Gasteiger partial charge in [-0.1, -0.05) is 15.9 Å². The standard InChI is InChI=1S/C14H19BrN2O3/c15-14-8-13(17(19)20)4-3-12(14)10-16-6-1-2-11(9-16)5-7-18/h3-4,8,11,18H,1-2,5-7,9-10H2. The van der Waals surface area contributed by atoms with Crippen molar-refractivity contribution in [2.24, 2.45) is 5.92 Å². The first-order chi connectivity index (χ1) is 9.60. The molecule has 1 atom stereocenters. The molecule has 0 radical (unpaired) electrons. The number of nitro groups is 1. The van der Waals surface area contributed by atoms with Gasteiger partial charge in [-0.3, -0.25) is 15.0 Å². The lowest BCUT2D eigenvalue weighted by molar-refractivity contribution is -0.384. The van der Waals surface area contributed by atoms with Crippen molar-refractivity contribution in [3.8, 4) is 0 Å². The predicted octanol–water partition coefficient (Wildman–Crippen LogP) is 2.95. The smallest absolute Gasteiger partial charge is 0.270 e. The van der Waals surface area contributed by atoms with E-state index < -0.39 is 0 Å². The van der Waals surface area contributed by atoms with Crippen LogP contribution in [0.1, 0.15) is 24.8 Å². The van der Waals surface area contributed by atoms with Crippen molar-refractivity contribution in [2.75, 3.05) is 19.7 Å². The molecule has 20 heavy (non-hydrogen) atoms. The Morgan fingerprint density at radius 3 is 2.95 bits per heavy atom. The van der Waals surface area contributed by atoms with Gasteiger partial charge in [-0.15, -0.1) is 0 Å². The summed E-state index contributed by atoms with van der Waals surface area (Å²) >= 11 is 3.42. The summed E-state index contributed by atoms with van der Waals surface area (Å²) in [7, 11) is 0. The molecule has 0 aromatic heterocycles. The summed E-state index contributed by atoms with van der Waals surface area (Å²) in [6, 6.07) is 4.93. The first-order valence-electron chi connectivity index (χ1n) is 6.86. The molecular formula is C14H19BrN2O3. The second kappa shape index (κ2) is 7.15. The highest BCUT2D eigenvalue weighted by atomic mass is 79.9. The van der Waals surface area contributed by atoms with Gasteiger partial charge in [-0.25, -0.2) is 0 Å². The number of aliphatic hydroxyl groups excluding tert-OH is 1. The van der Waals surface area contributed by atoms with E-state index in [2.05, 4.69) is 20.8 Å². The zero-order valence-corrected chi connectivity index (χ0v) is 12.9. The third-order valence-corrected chi connectivity index (χ3v) is 4.52. The van der Waals surface area contributed by atoms with Crippen molar-refractivity contribution in [1.29, 1.82) is 0 Å². The highest BCUT2D eigenvalue weighted by Crippen LogP contribution is 2.26. The number of benzene rings is 1. The highest BCUT2D eigenvalue weighted by Gasteiger charge is 2.20. The average molecular weight is 343 g/mol. The van der Waals surface area contributed by atoms with Crippen molar-refractivity contribution in [3.05, 3.63) is 38.3 Å². The summed E-state index contributed by atoms with van der Waals surface area (Å²) in [5, 5.41) is 19.8. The molecule has 1 aromatic rings. The Morgan fingerprint density at radius 2 is 2.30 bits per heavy atom. The van der Waals surface area contributed by atoms with Crippen LogP contribution in [0, 0.1) is 16.0 Å². The van der Waals surface area contributed by atoms with E-state index in [1.807, 2.05) is 6.07 Å². The lowest BCUT2D eigenvalue weighted by atomic mass is 9.95. The number of aliphatic hydroxyl groups is 1. The molecule has 1 aliphatic heterocycles. The van der Waals surface area contributed by atoms with E-state index >= 15 is 0 Å². The van der Waals surface area contributed by atoms with Crippen LogP contribution in [0.4, 0.5) is 5.69 Å². The van der Waals surface area contributed by atoms with E-state index in [4.69, 9.17) is 5.11 Å². The third kappa shape index (κ3) is 4.01. The number of piperidine rings is 1. The Labute approximate surface area is 126 Å². The summed E-state index contributed by atoms with van der Waals surface area (Å²) < 4.78 is 0.788. The lowest BCUT2D eigenvalue weighted by Crippen LogP contribution is -2.35. The van der Waals surface area contributed by atoms with Gasteiger partial charge in [-0.05, 0) is 43.4 Å². The Balaban J connectivity index is 2.00. The minimum atomic E-state index is -0.382. The van der Waals surface area contributed by atoms with Crippen molar-refractivity contribution >= 4 is 21.6 Å². The largest absolute Gasteiger partial charge is 0.396 e. The number of non-ortho nitro benzene ring substituents is 1. The van der Waals surface area contributed by atoms with Crippen molar-refractivity contribution in [3.63, 3.8) is 0 Å². The average Bonchev–Trinajstić information content (AvgIpc) is 2.42. The van der Waals surface area contributed by atoms with E-state index in [1.54, 1.807) is 12.1 Å². The molecule has 1 heterocycles. The molecule has 1 N–H and O–H groups in total. The first kappa shape index (κ1) is 15.4. The fourth-order valence-corrected chi connectivity index (χ4v) is 3.22. The predicted molar refractivity (Wildman–Crippen MR) is 80.5 cm³/mol. The molecule has 110 valence electrons. The summed E-state index contributed by atoms with van der Waals surface area (Å²) in [6.07, 6.45) is 3.19. The fraction of sp³-hybridized carbons (Fsp3) is 0.571. The van der Waals surface area contributed by atoms with Gasteiger partial charge in [-0.2, -0.15) is 0 Å². The maximum absolute atomic E-state index is 10.7. The summed E-state index contributed by atoms with van der Waals surface area (Å²) in [5.74, 6) is 0.561. The number of hydrogen-bond acceptors (Lipinski definition) is 4. The van der Waals surface area contributed by atoms with Gasteiger partial charge in [0, 0.05) is 36.3 Å². The third-order valence-electron chi connectivity index (χ3n) is 3.78.